The molecule has 2 aromatic rings. The van der Waals surface area contributed by atoms with Crippen LogP contribution in [0.5, 0.6) is 0 Å². The largest absolute Gasteiger partial charge is 0.446 e. The van der Waals surface area contributed by atoms with Crippen LogP contribution in [-0.2, 0) is 11.3 Å². The van der Waals surface area contributed by atoms with Gasteiger partial charge >= 0.3 is 6.09 Å². The molecule has 0 spiro atoms. The minimum Gasteiger partial charge on any atom is -0.446 e. The lowest BCUT2D eigenvalue weighted by molar-refractivity contribution is 0.0720. The summed E-state index contributed by atoms with van der Waals surface area (Å²) in [6, 6.07) is 7.83. The smallest absolute Gasteiger partial charge is 0.415 e. The van der Waals surface area contributed by atoms with E-state index in [9.17, 15) is 13.6 Å². The highest BCUT2D eigenvalue weighted by Crippen LogP contribution is 2.30. The number of thiophene rings is 1. The second-order valence-electron chi connectivity index (χ2n) is 6.89. The molecular formula is C19H20F2N2O2S. The Morgan fingerprint density at radius 3 is 2.65 bits per heavy atom. The van der Waals surface area contributed by atoms with Crippen molar-refractivity contribution in [2.24, 2.45) is 0 Å². The molecule has 0 saturated carbocycles. The molecule has 0 aliphatic carbocycles. The van der Waals surface area contributed by atoms with Gasteiger partial charge in [-0.3, -0.25) is 4.90 Å². The van der Waals surface area contributed by atoms with E-state index < -0.39 is 17.7 Å². The first kappa shape index (κ1) is 17.4. The summed E-state index contributed by atoms with van der Waals surface area (Å²) in [6.45, 7) is 0.00326. The molecule has 1 N–H and O–H groups in total. The van der Waals surface area contributed by atoms with E-state index in [-0.39, 0.29) is 18.2 Å². The number of halogens is 2. The number of benzene rings is 1. The van der Waals surface area contributed by atoms with Crippen molar-refractivity contribution in [3.63, 3.8) is 0 Å². The van der Waals surface area contributed by atoms with Gasteiger partial charge in [0.2, 0.25) is 0 Å². The number of carbonyl (C=O) groups is 1. The van der Waals surface area contributed by atoms with Gasteiger partial charge < -0.3 is 10.1 Å². The third-order valence-electron chi connectivity index (χ3n) is 5.03. The van der Waals surface area contributed by atoms with Gasteiger partial charge in [0.15, 0.2) is 0 Å². The summed E-state index contributed by atoms with van der Waals surface area (Å²) >= 11 is 1.38. The fraction of sp³-hybridized carbons (Fsp3) is 0.421. The summed E-state index contributed by atoms with van der Waals surface area (Å²) in [6.07, 6.45) is 3.25. The number of nitrogens with one attached hydrogen (secondary N) is 1. The van der Waals surface area contributed by atoms with Crippen molar-refractivity contribution in [2.75, 3.05) is 4.90 Å². The van der Waals surface area contributed by atoms with Gasteiger partial charge in [0.1, 0.15) is 22.7 Å². The van der Waals surface area contributed by atoms with Crippen molar-refractivity contribution in [2.45, 2.75) is 50.4 Å². The normalized spacial score (nSPS) is 24.5. The molecule has 2 bridgehead atoms. The Bertz CT molecular complexity index is 772. The van der Waals surface area contributed by atoms with E-state index in [1.165, 1.54) is 28.4 Å². The molecule has 4 nitrogen and oxygen atoms in total. The van der Waals surface area contributed by atoms with Crippen molar-refractivity contribution in [3.05, 3.63) is 52.9 Å². The highest BCUT2D eigenvalue weighted by atomic mass is 32.1. The first-order chi connectivity index (χ1) is 12.6. The quantitative estimate of drug-likeness (QED) is 0.855. The molecule has 138 valence electrons. The summed E-state index contributed by atoms with van der Waals surface area (Å²) in [4.78, 5) is 14.2. The number of piperidine rings is 1. The van der Waals surface area contributed by atoms with E-state index in [1.54, 1.807) is 6.07 Å². The van der Waals surface area contributed by atoms with Crippen LogP contribution in [-0.4, -0.2) is 24.3 Å². The summed E-state index contributed by atoms with van der Waals surface area (Å²) in [5, 5.41) is 6.04. The van der Waals surface area contributed by atoms with E-state index in [4.69, 9.17) is 4.74 Å². The lowest BCUT2D eigenvalue weighted by Gasteiger charge is -2.31. The average Bonchev–Trinajstić information content (AvgIpc) is 3.24. The van der Waals surface area contributed by atoms with Crippen LogP contribution in [0.4, 0.5) is 18.6 Å². The summed E-state index contributed by atoms with van der Waals surface area (Å²) < 4.78 is 33.0. The Balaban J connectivity index is 1.50. The molecule has 3 heterocycles. The van der Waals surface area contributed by atoms with Gasteiger partial charge in [-0.2, -0.15) is 0 Å². The second kappa shape index (κ2) is 7.32. The van der Waals surface area contributed by atoms with Gasteiger partial charge in [-0.15, -0.1) is 11.3 Å². The van der Waals surface area contributed by atoms with Crippen LogP contribution in [0.2, 0.25) is 0 Å². The first-order valence-corrected chi connectivity index (χ1v) is 9.68. The minimum absolute atomic E-state index is 0.00326. The van der Waals surface area contributed by atoms with Crippen molar-refractivity contribution in [1.29, 1.82) is 0 Å². The lowest BCUT2D eigenvalue weighted by atomic mass is 10.0. The van der Waals surface area contributed by atoms with Crippen molar-refractivity contribution in [3.8, 4) is 0 Å². The molecular weight excluding hydrogens is 358 g/mol. The second-order valence-corrected chi connectivity index (χ2v) is 7.81. The van der Waals surface area contributed by atoms with E-state index in [0.29, 0.717) is 17.1 Å². The molecule has 1 aromatic heterocycles. The number of hydrogen-bond donors (Lipinski definition) is 1. The summed E-state index contributed by atoms with van der Waals surface area (Å²) in [7, 11) is 0. The van der Waals surface area contributed by atoms with Crippen molar-refractivity contribution < 1.29 is 18.3 Å². The molecule has 1 aromatic carbocycles. The van der Waals surface area contributed by atoms with Crippen LogP contribution in [0.15, 0.2) is 35.7 Å². The van der Waals surface area contributed by atoms with Gasteiger partial charge in [0.05, 0.1) is 6.54 Å². The van der Waals surface area contributed by atoms with Crippen LogP contribution in [0.3, 0.4) is 0 Å². The van der Waals surface area contributed by atoms with Gasteiger partial charge in [0, 0.05) is 23.7 Å². The Morgan fingerprint density at radius 1 is 1.23 bits per heavy atom. The van der Waals surface area contributed by atoms with Gasteiger partial charge in [-0.25, -0.2) is 13.6 Å². The number of fused-ring (bicyclic) bond motifs is 2. The molecule has 0 radical (unpaired) electrons. The molecule has 2 aliphatic rings. The Morgan fingerprint density at radius 2 is 2.00 bits per heavy atom. The van der Waals surface area contributed by atoms with Crippen LogP contribution >= 0.6 is 11.3 Å². The Labute approximate surface area is 154 Å². The molecule has 26 heavy (non-hydrogen) atoms. The molecule has 7 heteroatoms. The Kier molecular flexibility index (Phi) is 4.91. The molecule has 1 amide bonds. The third kappa shape index (κ3) is 3.73. The highest BCUT2D eigenvalue weighted by molar-refractivity contribution is 7.14. The fourth-order valence-corrected chi connectivity index (χ4v) is 4.50. The van der Waals surface area contributed by atoms with Crippen LogP contribution in [0, 0.1) is 11.6 Å². The number of hydrogen-bond acceptors (Lipinski definition) is 4. The van der Waals surface area contributed by atoms with Gasteiger partial charge in [0.25, 0.3) is 0 Å². The number of nitrogens with zero attached hydrogens (tertiary/aromatic N) is 1. The van der Waals surface area contributed by atoms with Crippen molar-refractivity contribution in [1.82, 2.24) is 5.32 Å². The molecule has 2 saturated heterocycles. The van der Waals surface area contributed by atoms with E-state index >= 15 is 0 Å². The van der Waals surface area contributed by atoms with E-state index in [0.717, 1.165) is 31.7 Å². The molecule has 2 aliphatic heterocycles. The third-order valence-corrected chi connectivity index (χ3v) is 5.92. The summed E-state index contributed by atoms with van der Waals surface area (Å²) in [5.74, 6) is -1.30. The van der Waals surface area contributed by atoms with Crippen LogP contribution in [0.25, 0.3) is 0 Å². The lowest BCUT2D eigenvalue weighted by Crippen LogP contribution is -2.44. The van der Waals surface area contributed by atoms with E-state index in [2.05, 4.69) is 5.32 Å². The van der Waals surface area contributed by atoms with Crippen LogP contribution in [0.1, 0.15) is 31.2 Å². The maximum atomic E-state index is 14.1. The first-order valence-electron chi connectivity index (χ1n) is 8.80. The number of amides is 1. The monoisotopic (exact) mass is 378 g/mol. The van der Waals surface area contributed by atoms with Crippen molar-refractivity contribution >= 4 is 22.4 Å². The fourth-order valence-electron chi connectivity index (χ4n) is 3.78. The number of ether oxygens (including phenoxy) is 1. The summed E-state index contributed by atoms with van der Waals surface area (Å²) in [5.41, 5.74) is 0.252. The highest BCUT2D eigenvalue weighted by Gasteiger charge is 2.36. The van der Waals surface area contributed by atoms with Crippen LogP contribution < -0.4 is 10.2 Å². The van der Waals surface area contributed by atoms with E-state index in [1.807, 2.05) is 11.4 Å². The number of anilines is 1. The zero-order chi connectivity index (χ0) is 18.1. The maximum Gasteiger partial charge on any atom is 0.415 e. The van der Waals surface area contributed by atoms with Gasteiger partial charge in [-0.1, -0.05) is 6.07 Å². The van der Waals surface area contributed by atoms with Gasteiger partial charge in [-0.05, 0) is 49.3 Å². The predicted molar refractivity (Wildman–Crippen MR) is 96.3 cm³/mol. The zero-order valence-electron chi connectivity index (χ0n) is 14.2. The zero-order valence-corrected chi connectivity index (χ0v) is 15.0. The Hall–Kier alpha value is -1.99. The maximum absolute atomic E-state index is 14.1. The molecule has 2 fully saturated rings. The standard InChI is InChI=1S/C19H20F2N2O2S/c20-13-4-3-12(17(21)8-13)11-23(18-2-1-7-26-18)19(24)25-16-9-14-5-6-15(10-16)22-14/h1-4,7-8,14-16,22H,5-6,9-11H2/t14-,15+,16?. The molecule has 1 unspecified atom stereocenters. The topological polar surface area (TPSA) is 41.6 Å². The predicted octanol–water partition coefficient (Wildman–Crippen LogP) is 4.45. The minimum atomic E-state index is -0.667. The molecule has 3 atom stereocenters. The number of carbonyl (C=O) groups excluding carboxylic acids is 1. The number of rotatable bonds is 4. The average molecular weight is 378 g/mol. The SMILES string of the molecule is O=C(OC1C[C@H]2CC[C@@H](C1)N2)N(Cc1ccc(F)cc1F)c1cccs1. The molecule has 4 rings (SSSR count).